The van der Waals surface area contributed by atoms with E-state index in [1.807, 2.05) is 0 Å². The number of benzene rings is 1. The summed E-state index contributed by atoms with van der Waals surface area (Å²) in [5, 5.41) is 0.604. The summed E-state index contributed by atoms with van der Waals surface area (Å²) in [5.74, 6) is -0.252. The number of nitrogens with zero attached hydrogens (tertiary/aromatic N) is 4. The van der Waals surface area contributed by atoms with Crippen molar-refractivity contribution in [2.75, 3.05) is 37.6 Å². The van der Waals surface area contributed by atoms with Crippen LogP contribution in [0.2, 0.25) is 5.02 Å². The minimum atomic E-state index is -0.626. The molecule has 0 radical (unpaired) electrons. The van der Waals surface area contributed by atoms with Crippen LogP contribution >= 0.6 is 11.6 Å². The number of urea groups is 1. The molecule has 168 valence electrons. The second kappa shape index (κ2) is 9.44. The number of carbonyl (C=O) groups is 3. The summed E-state index contributed by atoms with van der Waals surface area (Å²) < 4.78 is 5.96. The van der Waals surface area contributed by atoms with E-state index < -0.39 is 5.91 Å². The maximum atomic E-state index is 12.9. The number of ether oxygens (including phenoxy) is 1. The average Bonchev–Trinajstić information content (AvgIpc) is 3.14. The normalized spacial score (nSPS) is 18.7. The molecule has 0 spiro atoms. The molecule has 2 N–H and O–H groups in total. The number of nitrogens with two attached hydrogens (primary N) is 1. The molecule has 9 nitrogen and oxygen atoms in total. The van der Waals surface area contributed by atoms with Crippen molar-refractivity contribution in [2.24, 2.45) is 5.73 Å². The highest BCUT2D eigenvalue weighted by atomic mass is 35.5. The number of piperidine rings is 1. The van der Waals surface area contributed by atoms with Gasteiger partial charge in [-0.1, -0.05) is 11.6 Å². The Kier molecular flexibility index (Phi) is 6.45. The van der Waals surface area contributed by atoms with Gasteiger partial charge in [0.2, 0.25) is 5.91 Å². The van der Waals surface area contributed by atoms with E-state index in [1.165, 1.54) is 12.3 Å². The van der Waals surface area contributed by atoms with Gasteiger partial charge < -0.3 is 20.3 Å². The molecule has 4 rings (SSSR count). The number of primary amides is 1. The first-order valence-electron chi connectivity index (χ1n) is 10.4. The van der Waals surface area contributed by atoms with Crippen molar-refractivity contribution in [3.63, 3.8) is 0 Å². The fourth-order valence-electron chi connectivity index (χ4n) is 3.93. The van der Waals surface area contributed by atoms with E-state index in [1.54, 1.807) is 45.0 Å². The van der Waals surface area contributed by atoms with Crippen LogP contribution in [0.4, 0.5) is 10.5 Å². The predicted octanol–water partition coefficient (Wildman–Crippen LogP) is 2.15. The molecule has 0 saturated carbocycles. The van der Waals surface area contributed by atoms with E-state index >= 15 is 0 Å². The van der Waals surface area contributed by atoms with Gasteiger partial charge >= 0.3 is 6.03 Å². The lowest BCUT2D eigenvalue weighted by molar-refractivity contribution is -0.134. The Morgan fingerprint density at radius 2 is 1.94 bits per heavy atom. The topological polar surface area (TPSA) is 109 Å². The van der Waals surface area contributed by atoms with Crippen LogP contribution in [-0.2, 0) is 4.79 Å². The first kappa shape index (κ1) is 21.9. The summed E-state index contributed by atoms with van der Waals surface area (Å²) in [6, 6.07) is 10.0. The van der Waals surface area contributed by atoms with Crippen molar-refractivity contribution in [1.82, 2.24) is 14.8 Å². The highest BCUT2D eigenvalue weighted by Crippen LogP contribution is 2.23. The van der Waals surface area contributed by atoms with E-state index in [4.69, 9.17) is 22.1 Å². The van der Waals surface area contributed by atoms with Crippen molar-refractivity contribution in [2.45, 2.75) is 18.9 Å². The number of pyridine rings is 1. The average molecular weight is 458 g/mol. The Hall–Kier alpha value is -3.33. The molecule has 2 aliphatic rings. The molecule has 2 aliphatic heterocycles. The monoisotopic (exact) mass is 457 g/mol. The highest BCUT2D eigenvalue weighted by molar-refractivity contribution is 6.30. The third kappa shape index (κ3) is 4.94. The summed E-state index contributed by atoms with van der Waals surface area (Å²) in [5.41, 5.74) is 6.16. The van der Waals surface area contributed by atoms with Crippen LogP contribution in [0.15, 0.2) is 42.6 Å². The van der Waals surface area contributed by atoms with Gasteiger partial charge in [-0.25, -0.2) is 4.79 Å². The number of anilines is 1. The molecule has 2 saturated heterocycles. The van der Waals surface area contributed by atoms with Gasteiger partial charge in [0.25, 0.3) is 5.91 Å². The van der Waals surface area contributed by atoms with Gasteiger partial charge in [0.15, 0.2) is 0 Å². The fourth-order valence-corrected chi connectivity index (χ4v) is 4.05. The Labute approximate surface area is 190 Å². The number of amides is 4. The number of rotatable bonds is 6. The van der Waals surface area contributed by atoms with Gasteiger partial charge in [-0.05, 0) is 43.2 Å². The van der Waals surface area contributed by atoms with Crippen molar-refractivity contribution in [3.05, 3.63) is 53.3 Å². The molecule has 1 aromatic carbocycles. The number of likely N-dealkylation sites (tertiary alicyclic amines) is 1. The van der Waals surface area contributed by atoms with Gasteiger partial charge in [0.05, 0.1) is 6.54 Å². The smallest absolute Gasteiger partial charge is 0.325 e. The summed E-state index contributed by atoms with van der Waals surface area (Å²) >= 11 is 5.92. The maximum absolute atomic E-state index is 12.9. The Morgan fingerprint density at radius 3 is 2.69 bits per heavy atom. The van der Waals surface area contributed by atoms with Gasteiger partial charge in [-0.2, -0.15) is 0 Å². The van der Waals surface area contributed by atoms with Gasteiger partial charge in [-0.3, -0.25) is 19.5 Å². The largest absolute Gasteiger partial charge is 0.488 e. The number of hydrogen-bond acceptors (Lipinski definition) is 5. The predicted molar refractivity (Wildman–Crippen MR) is 119 cm³/mol. The van der Waals surface area contributed by atoms with E-state index in [-0.39, 0.29) is 30.3 Å². The molecule has 1 atom stereocenters. The van der Waals surface area contributed by atoms with E-state index in [2.05, 4.69) is 4.98 Å². The van der Waals surface area contributed by atoms with Gasteiger partial charge in [-0.15, -0.1) is 0 Å². The molecular formula is C22H24ClN5O4. The summed E-state index contributed by atoms with van der Waals surface area (Å²) in [7, 11) is 0. The maximum Gasteiger partial charge on any atom is 0.325 e. The van der Waals surface area contributed by atoms with E-state index in [0.29, 0.717) is 37.0 Å². The fraction of sp³-hybridized carbons (Fsp3) is 0.364. The lowest BCUT2D eigenvalue weighted by Gasteiger charge is -2.33. The molecule has 1 aromatic heterocycles. The molecule has 3 heterocycles. The minimum absolute atomic E-state index is 0.0245. The van der Waals surface area contributed by atoms with Gasteiger partial charge in [0.1, 0.15) is 24.1 Å². The van der Waals surface area contributed by atoms with Crippen molar-refractivity contribution in [1.29, 1.82) is 0 Å². The van der Waals surface area contributed by atoms with Crippen LogP contribution in [0.25, 0.3) is 0 Å². The summed E-state index contributed by atoms with van der Waals surface area (Å²) in [6.45, 7) is 2.05. The zero-order valence-electron chi connectivity index (χ0n) is 17.4. The molecule has 32 heavy (non-hydrogen) atoms. The molecule has 1 unspecified atom stereocenters. The second-order valence-corrected chi connectivity index (χ2v) is 8.23. The number of aromatic nitrogens is 1. The van der Waals surface area contributed by atoms with Crippen LogP contribution in [-0.4, -0.2) is 71.5 Å². The minimum Gasteiger partial charge on any atom is -0.488 e. The van der Waals surface area contributed by atoms with Crippen LogP contribution < -0.4 is 15.4 Å². The number of hydrogen-bond donors (Lipinski definition) is 1. The van der Waals surface area contributed by atoms with Crippen LogP contribution in [0.5, 0.6) is 5.75 Å². The number of halogens is 1. The first-order valence-corrected chi connectivity index (χ1v) is 10.8. The molecule has 2 aromatic rings. The Morgan fingerprint density at radius 1 is 1.16 bits per heavy atom. The molecule has 0 bridgehead atoms. The third-order valence-electron chi connectivity index (χ3n) is 5.58. The zero-order chi connectivity index (χ0) is 22.7. The van der Waals surface area contributed by atoms with Crippen LogP contribution in [0, 0.1) is 0 Å². The van der Waals surface area contributed by atoms with Crippen LogP contribution in [0.1, 0.15) is 23.3 Å². The lowest BCUT2D eigenvalue weighted by Crippen LogP contribution is -2.48. The van der Waals surface area contributed by atoms with Crippen molar-refractivity contribution >= 4 is 35.1 Å². The van der Waals surface area contributed by atoms with Gasteiger partial charge in [0, 0.05) is 42.6 Å². The SMILES string of the molecule is NC(=O)c1cc(OC2CCCN(C(=O)CN3CCN(c4ccc(Cl)cc4)C3=O)C2)ccn1. The first-order chi connectivity index (χ1) is 15.4. The van der Waals surface area contributed by atoms with Crippen molar-refractivity contribution < 1.29 is 19.1 Å². The molecule has 0 aliphatic carbocycles. The molecular weight excluding hydrogens is 434 g/mol. The second-order valence-electron chi connectivity index (χ2n) is 7.80. The Bertz CT molecular complexity index is 1020. The molecule has 10 heteroatoms. The zero-order valence-corrected chi connectivity index (χ0v) is 18.2. The highest BCUT2D eigenvalue weighted by Gasteiger charge is 2.33. The van der Waals surface area contributed by atoms with E-state index in [0.717, 1.165) is 18.5 Å². The standard InChI is InChI=1S/C22H24ClN5O4/c23-15-3-5-16(6-4-15)28-11-10-27(22(28)31)14-20(29)26-9-1-2-18(13-26)32-17-7-8-25-19(12-17)21(24)30/h3-8,12,18H,1-2,9-11,13-14H2,(H2,24,30). The number of carbonyl (C=O) groups excluding carboxylic acids is 3. The molecule has 2 fully saturated rings. The van der Waals surface area contributed by atoms with Crippen molar-refractivity contribution in [3.8, 4) is 5.75 Å². The Balaban J connectivity index is 1.33. The summed E-state index contributed by atoms with van der Waals surface area (Å²) in [4.78, 5) is 45.8. The molecule has 4 amide bonds. The summed E-state index contributed by atoms with van der Waals surface area (Å²) in [6.07, 6.45) is 2.82. The third-order valence-corrected chi connectivity index (χ3v) is 5.83. The lowest BCUT2D eigenvalue weighted by atomic mass is 10.1. The quantitative estimate of drug-likeness (QED) is 0.714. The van der Waals surface area contributed by atoms with E-state index in [9.17, 15) is 14.4 Å². The van der Waals surface area contributed by atoms with Crippen LogP contribution in [0.3, 0.4) is 0 Å².